The van der Waals surface area contributed by atoms with E-state index < -0.39 is 10.0 Å². The zero-order valence-corrected chi connectivity index (χ0v) is 12.0. The lowest BCUT2D eigenvalue weighted by molar-refractivity contribution is -0.121. The van der Waals surface area contributed by atoms with Crippen molar-refractivity contribution < 1.29 is 17.9 Å². The molecule has 0 atom stereocenters. The van der Waals surface area contributed by atoms with Crippen LogP contribution in [0.3, 0.4) is 0 Å². The van der Waals surface area contributed by atoms with E-state index in [-0.39, 0.29) is 29.6 Å². The Balaban J connectivity index is 2.86. The highest BCUT2D eigenvalue weighted by Crippen LogP contribution is 2.26. The quantitative estimate of drug-likeness (QED) is 0.822. The molecule has 0 radical (unpaired) electrons. The lowest BCUT2D eigenvalue weighted by atomic mass is 10.3. The third-order valence-electron chi connectivity index (χ3n) is 2.08. The molecule has 0 fully saturated rings. The van der Waals surface area contributed by atoms with E-state index in [1.807, 2.05) is 0 Å². The molecular weight excluding hydrogens is 324 g/mol. The summed E-state index contributed by atoms with van der Waals surface area (Å²) in [5, 5.41) is 7.51. The first-order chi connectivity index (χ1) is 8.34. The topological polar surface area (TPSA) is 98.5 Å². The van der Waals surface area contributed by atoms with Crippen LogP contribution in [0.4, 0.5) is 0 Å². The highest BCUT2D eigenvalue weighted by atomic mass is 79.9. The Kier molecular flexibility index (Phi) is 5.12. The second-order valence-electron chi connectivity index (χ2n) is 3.41. The molecule has 6 nitrogen and oxygen atoms in total. The summed E-state index contributed by atoms with van der Waals surface area (Å²) in [7, 11) is -2.36. The molecule has 18 heavy (non-hydrogen) atoms. The molecule has 3 N–H and O–H groups in total. The summed E-state index contributed by atoms with van der Waals surface area (Å²) >= 11 is 3.15. The summed E-state index contributed by atoms with van der Waals surface area (Å²) in [4.78, 5) is 10.9. The average molecular weight is 337 g/mol. The summed E-state index contributed by atoms with van der Waals surface area (Å²) in [5.41, 5.74) is 0. The molecule has 0 unspecified atom stereocenters. The molecule has 0 aromatic heterocycles. The number of hydrogen-bond donors (Lipinski definition) is 2. The van der Waals surface area contributed by atoms with Gasteiger partial charge < -0.3 is 10.1 Å². The van der Waals surface area contributed by atoms with Crippen LogP contribution < -0.4 is 15.2 Å². The Morgan fingerprint density at radius 1 is 1.50 bits per heavy atom. The van der Waals surface area contributed by atoms with Crippen LogP contribution in [-0.2, 0) is 14.8 Å². The van der Waals surface area contributed by atoms with Crippen molar-refractivity contribution >= 4 is 31.9 Å². The van der Waals surface area contributed by atoms with E-state index in [4.69, 9.17) is 9.88 Å². The van der Waals surface area contributed by atoms with E-state index in [2.05, 4.69) is 21.2 Å². The van der Waals surface area contributed by atoms with Crippen LogP contribution in [0.15, 0.2) is 27.6 Å². The summed E-state index contributed by atoms with van der Waals surface area (Å²) in [6.07, 6.45) is 0.136. The largest absolute Gasteiger partial charge is 0.492 e. The number of primary sulfonamides is 1. The van der Waals surface area contributed by atoms with Crippen molar-refractivity contribution in [3.63, 3.8) is 0 Å². The van der Waals surface area contributed by atoms with Gasteiger partial charge in [-0.15, -0.1) is 0 Å². The van der Waals surface area contributed by atoms with E-state index in [1.165, 1.54) is 19.2 Å². The summed E-state index contributed by atoms with van der Waals surface area (Å²) in [6.45, 7) is 0.0732. The van der Waals surface area contributed by atoms with Crippen molar-refractivity contribution in [2.45, 2.75) is 11.3 Å². The third kappa shape index (κ3) is 4.28. The number of carbonyl (C=O) groups excluding carboxylic acids is 1. The fourth-order valence-electron chi connectivity index (χ4n) is 1.20. The minimum atomic E-state index is -3.87. The summed E-state index contributed by atoms with van der Waals surface area (Å²) in [6, 6.07) is 4.46. The minimum Gasteiger partial charge on any atom is -0.492 e. The van der Waals surface area contributed by atoms with Gasteiger partial charge in [0.1, 0.15) is 10.6 Å². The minimum absolute atomic E-state index is 0.0732. The second kappa shape index (κ2) is 6.17. The van der Waals surface area contributed by atoms with E-state index in [1.54, 1.807) is 6.07 Å². The fourth-order valence-corrected chi connectivity index (χ4v) is 2.41. The van der Waals surface area contributed by atoms with Crippen LogP contribution in [0.2, 0.25) is 0 Å². The fraction of sp³-hybridized carbons (Fsp3) is 0.300. The molecule has 0 saturated heterocycles. The first-order valence-corrected chi connectivity index (χ1v) is 7.34. The Morgan fingerprint density at radius 3 is 2.72 bits per heavy atom. The van der Waals surface area contributed by atoms with E-state index in [0.717, 1.165) is 0 Å². The van der Waals surface area contributed by atoms with Gasteiger partial charge in [0, 0.05) is 11.5 Å². The Bertz CT molecular complexity index is 545. The van der Waals surface area contributed by atoms with Crippen molar-refractivity contribution in [2.75, 3.05) is 13.7 Å². The Labute approximate surface area is 114 Å². The van der Waals surface area contributed by atoms with Crippen LogP contribution in [-0.4, -0.2) is 28.0 Å². The summed E-state index contributed by atoms with van der Waals surface area (Å²) in [5.74, 6) is -0.0612. The molecule has 0 aliphatic carbocycles. The molecule has 1 aromatic rings. The molecule has 0 aliphatic rings. The Hall–Kier alpha value is -1.12. The molecule has 0 spiro atoms. The maximum absolute atomic E-state index is 11.4. The number of carbonyl (C=O) groups is 1. The maximum Gasteiger partial charge on any atom is 0.241 e. The first kappa shape index (κ1) is 14.9. The van der Waals surface area contributed by atoms with Gasteiger partial charge in [0.15, 0.2) is 0 Å². The highest BCUT2D eigenvalue weighted by molar-refractivity contribution is 9.10. The van der Waals surface area contributed by atoms with Gasteiger partial charge in [-0.05, 0) is 18.2 Å². The second-order valence-corrected chi connectivity index (χ2v) is 5.85. The molecule has 0 bridgehead atoms. The van der Waals surface area contributed by atoms with Crippen LogP contribution >= 0.6 is 15.9 Å². The number of halogens is 1. The number of hydrogen-bond acceptors (Lipinski definition) is 4. The third-order valence-corrected chi connectivity index (χ3v) is 3.50. The van der Waals surface area contributed by atoms with Crippen molar-refractivity contribution in [1.29, 1.82) is 0 Å². The number of amides is 1. The molecular formula is C10H13BrN2O4S. The van der Waals surface area contributed by atoms with Crippen molar-refractivity contribution in [3.05, 3.63) is 22.7 Å². The molecule has 1 aromatic carbocycles. The summed E-state index contributed by atoms with van der Waals surface area (Å²) < 4.78 is 28.5. The van der Waals surface area contributed by atoms with Crippen molar-refractivity contribution in [3.8, 4) is 5.75 Å². The number of sulfonamides is 1. The zero-order chi connectivity index (χ0) is 13.8. The number of nitrogens with two attached hydrogens (primary N) is 1. The van der Waals surface area contributed by atoms with Gasteiger partial charge in [0.05, 0.1) is 13.0 Å². The smallest absolute Gasteiger partial charge is 0.241 e. The average Bonchev–Trinajstić information content (AvgIpc) is 2.29. The van der Waals surface area contributed by atoms with Crippen LogP contribution in [0.5, 0.6) is 5.75 Å². The molecule has 1 amide bonds. The van der Waals surface area contributed by atoms with Crippen LogP contribution in [0.25, 0.3) is 0 Å². The maximum atomic E-state index is 11.4. The van der Waals surface area contributed by atoms with Gasteiger partial charge in [0.2, 0.25) is 15.9 Å². The van der Waals surface area contributed by atoms with Gasteiger partial charge in [0.25, 0.3) is 0 Å². The molecule has 1 rings (SSSR count). The molecule has 100 valence electrons. The first-order valence-electron chi connectivity index (χ1n) is 5.00. The molecule has 0 saturated carbocycles. The predicted octanol–water partition coefficient (Wildman–Crippen LogP) is 0.611. The van der Waals surface area contributed by atoms with Crippen molar-refractivity contribution in [1.82, 2.24) is 5.32 Å². The standard InChI is InChI=1S/C10H13BrN2O4S/c1-13-10(14)4-5-17-8-3-2-7(11)6-9(8)18(12,15)16/h2-3,6H,4-5H2,1H3,(H,13,14)(H2,12,15,16). The number of ether oxygens (including phenoxy) is 1. The van der Waals surface area contributed by atoms with Crippen LogP contribution in [0.1, 0.15) is 6.42 Å². The highest BCUT2D eigenvalue weighted by Gasteiger charge is 2.15. The van der Waals surface area contributed by atoms with Gasteiger partial charge in [-0.3, -0.25) is 4.79 Å². The monoisotopic (exact) mass is 336 g/mol. The van der Waals surface area contributed by atoms with Gasteiger partial charge in [-0.1, -0.05) is 15.9 Å². The van der Waals surface area contributed by atoms with Gasteiger partial charge in [-0.2, -0.15) is 0 Å². The zero-order valence-electron chi connectivity index (χ0n) is 9.64. The van der Waals surface area contributed by atoms with E-state index in [9.17, 15) is 13.2 Å². The van der Waals surface area contributed by atoms with Gasteiger partial charge >= 0.3 is 0 Å². The number of nitrogens with one attached hydrogen (secondary N) is 1. The van der Waals surface area contributed by atoms with E-state index in [0.29, 0.717) is 4.47 Å². The van der Waals surface area contributed by atoms with Crippen molar-refractivity contribution in [2.24, 2.45) is 5.14 Å². The van der Waals surface area contributed by atoms with Crippen LogP contribution in [0, 0.1) is 0 Å². The predicted molar refractivity (Wildman–Crippen MR) is 69.7 cm³/mol. The molecule has 0 aliphatic heterocycles. The molecule has 0 heterocycles. The van der Waals surface area contributed by atoms with Gasteiger partial charge in [-0.25, -0.2) is 13.6 Å². The SMILES string of the molecule is CNC(=O)CCOc1ccc(Br)cc1S(N)(=O)=O. The number of benzene rings is 1. The Morgan fingerprint density at radius 2 is 2.17 bits per heavy atom. The lowest BCUT2D eigenvalue weighted by Crippen LogP contribution is -2.20. The normalized spacial score (nSPS) is 11.1. The van der Waals surface area contributed by atoms with E-state index >= 15 is 0 Å². The molecule has 8 heteroatoms. The number of rotatable bonds is 5. The lowest BCUT2D eigenvalue weighted by Gasteiger charge is -2.10.